The summed E-state index contributed by atoms with van der Waals surface area (Å²) in [5, 5.41) is 15.3. The first-order chi connectivity index (χ1) is 7.93. The summed E-state index contributed by atoms with van der Waals surface area (Å²) in [7, 11) is 0. The lowest BCUT2D eigenvalue weighted by molar-refractivity contribution is -0.174. The molecule has 1 aliphatic carbocycles. The fourth-order valence-corrected chi connectivity index (χ4v) is 2.64. The van der Waals surface area contributed by atoms with Crippen LogP contribution < -0.4 is 5.32 Å². The zero-order chi connectivity index (χ0) is 12.6. The molecule has 1 atom stereocenters. The molecule has 17 heavy (non-hydrogen) atoms. The number of rotatable bonds is 1. The number of carbonyl (C=O) groups excluding carboxylic acids is 1. The molecule has 1 aliphatic rings. The Kier molecular flexibility index (Phi) is 2.82. The van der Waals surface area contributed by atoms with E-state index in [1.807, 2.05) is 5.32 Å². The van der Waals surface area contributed by atoms with Gasteiger partial charge in [0.15, 0.2) is 0 Å². The van der Waals surface area contributed by atoms with Crippen LogP contribution in [0.2, 0.25) is 0 Å². The standard InChI is InChI=1S/C9H7F3N2O2S/c10-9(11,12)8(15)13-5-3-6(14-16)7-4(5)1-2-17-7/h1-2,5,16H,3H2,(H,13,15)/b14-6+. The van der Waals surface area contributed by atoms with Crippen molar-refractivity contribution < 1.29 is 23.2 Å². The van der Waals surface area contributed by atoms with Gasteiger partial charge in [0, 0.05) is 6.42 Å². The Balaban J connectivity index is 2.19. The topological polar surface area (TPSA) is 61.7 Å². The predicted molar refractivity (Wildman–Crippen MR) is 54.2 cm³/mol. The molecular weight excluding hydrogens is 257 g/mol. The first-order valence-electron chi connectivity index (χ1n) is 4.60. The molecule has 0 bridgehead atoms. The third-order valence-corrected chi connectivity index (χ3v) is 3.39. The minimum atomic E-state index is -4.91. The van der Waals surface area contributed by atoms with Gasteiger partial charge in [-0.2, -0.15) is 13.2 Å². The van der Waals surface area contributed by atoms with E-state index >= 15 is 0 Å². The highest BCUT2D eigenvalue weighted by atomic mass is 32.1. The van der Waals surface area contributed by atoms with Crippen LogP contribution in [0.15, 0.2) is 16.6 Å². The maximum Gasteiger partial charge on any atom is 0.471 e. The summed E-state index contributed by atoms with van der Waals surface area (Å²) in [4.78, 5) is 11.4. The Morgan fingerprint density at radius 1 is 1.59 bits per heavy atom. The molecule has 1 unspecified atom stereocenters. The van der Waals surface area contributed by atoms with E-state index in [0.29, 0.717) is 16.2 Å². The van der Waals surface area contributed by atoms with E-state index < -0.39 is 18.1 Å². The number of oxime groups is 1. The normalized spacial score (nSPS) is 21.6. The summed E-state index contributed by atoms with van der Waals surface area (Å²) in [6.07, 6.45) is -4.84. The molecular formula is C9H7F3N2O2S. The highest BCUT2D eigenvalue weighted by molar-refractivity contribution is 7.12. The highest BCUT2D eigenvalue weighted by Gasteiger charge is 2.41. The van der Waals surface area contributed by atoms with Crippen molar-refractivity contribution in [1.82, 2.24) is 5.32 Å². The summed E-state index contributed by atoms with van der Waals surface area (Å²) in [5.74, 6) is -1.99. The molecule has 2 N–H and O–H groups in total. The van der Waals surface area contributed by atoms with Crippen LogP contribution in [0, 0.1) is 0 Å². The average Bonchev–Trinajstić information content (AvgIpc) is 2.79. The molecule has 0 saturated carbocycles. The van der Waals surface area contributed by atoms with E-state index in [9.17, 15) is 18.0 Å². The molecule has 8 heteroatoms. The predicted octanol–water partition coefficient (Wildman–Crippen LogP) is 2.05. The summed E-state index contributed by atoms with van der Waals surface area (Å²) >= 11 is 1.26. The van der Waals surface area contributed by atoms with Gasteiger partial charge in [0.1, 0.15) is 0 Å². The van der Waals surface area contributed by atoms with Gasteiger partial charge in [-0.15, -0.1) is 11.3 Å². The van der Waals surface area contributed by atoms with E-state index in [2.05, 4.69) is 5.16 Å². The molecule has 1 heterocycles. The maximum atomic E-state index is 12.1. The molecule has 0 aliphatic heterocycles. The summed E-state index contributed by atoms with van der Waals surface area (Å²) in [5.41, 5.74) is 0.850. The van der Waals surface area contributed by atoms with E-state index in [4.69, 9.17) is 5.21 Å². The van der Waals surface area contributed by atoms with Crippen LogP contribution >= 0.6 is 11.3 Å². The molecule has 2 rings (SSSR count). The van der Waals surface area contributed by atoms with Crippen molar-refractivity contribution in [3.8, 4) is 0 Å². The lowest BCUT2D eigenvalue weighted by Gasteiger charge is -2.13. The van der Waals surface area contributed by atoms with Crippen LogP contribution in [0.4, 0.5) is 13.2 Å². The monoisotopic (exact) mass is 264 g/mol. The van der Waals surface area contributed by atoms with Gasteiger partial charge in [0.25, 0.3) is 0 Å². The molecule has 0 spiro atoms. The number of thiophene rings is 1. The molecule has 0 aromatic carbocycles. The zero-order valence-corrected chi connectivity index (χ0v) is 9.10. The van der Waals surface area contributed by atoms with E-state index in [-0.39, 0.29) is 6.42 Å². The third kappa shape index (κ3) is 2.12. The Labute approximate surface area is 97.7 Å². The van der Waals surface area contributed by atoms with Gasteiger partial charge in [-0.05, 0) is 17.0 Å². The van der Waals surface area contributed by atoms with Crippen molar-refractivity contribution in [2.45, 2.75) is 18.6 Å². The van der Waals surface area contributed by atoms with Crippen LogP contribution in [0.1, 0.15) is 22.9 Å². The van der Waals surface area contributed by atoms with Crippen molar-refractivity contribution in [2.24, 2.45) is 5.16 Å². The quantitative estimate of drug-likeness (QED) is 0.602. The Bertz CT molecular complexity index is 481. The molecule has 0 fully saturated rings. The van der Waals surface area contributed by atoms with Crippen molar-refractivity contribution in [2.75, 3.05) is 0 Å². The largest absolute Gasteiger partial charge is 0.471 e. The number of halogens is 3. The minimum Gasteiger partial charge on any atom is -0.411 e. The fourth-order valence-electron chi connectivity index (χ4n) is 1.68. The number of alkyl halides is 3. The lowest BCUT2D eigenvalue weighted by atomic mass is 10.2. The van der Waals surface area contributed by atoms with Crippen LogP contribution in [0.25, 0.3) is 0 Å². The van der Waals surface area contributed by atoms with Crippen molar-refractivity contribution >= 4 is 23.0 Å². The van der Waals surface area contributed by atoms with Crippen molar-refractivity contribution in [3.63, 3.8) is 0 Å². The number of fused-ring (bicyclic) bond motifs is 1. The Morgan fingerprint density at radius 3 is 2.88 bits per heavy atom. The zero-order valence-electron chi connectivity index (χ0n) is 8.28. The van der Waals surface area contributed by atoms with Crippen molar-refractivity contribution in [3.05, 3.63) is 21.9 Å². The highest BCUT2D eigenvalue weighted by Crippen LogP contribution is 2.35. The SMILES string of the molecule is O=C(NC1C/C(=N\O)c2sccc21)C(F)(F)F. The third-order valence-electron chi connectivity index (χ3n) is 2.41. The second-order valence-electron chi connectivity index (χ2n) is 3.48. The van der Waals surface area contributed by atoms with Gasteiger partial charge in [-0.25, -0.2) is 0 Å². The van der Waals surface area contributed by atoms with Gasteiger partial charge >= 0.3 is 12.1 Å². The van der Waals surface area contributed by atoms with Gasteiger partial charge in [0.2, 0.25) is 0 Å². The number of carbonyl (C=O) groups is 1. The van der Waals surface area contributed by atoms with Gasteiger partial charge < -0.3 is 10.5 Å². The lowest BCUT2D eigenvalue weighted by Crippen LogP contribution is -2.38. The smallest absolute Gasteiger partial charge is 0.411 e. The van der Waals surface area contributed by atoms with Gasteiger partial charge in [-0.1, -0.05) is 5.16 Å². The first kappa shape index (κ1) is 11.9. The van der Waals surface area contributed by atoms with E-state index in [0.717, 1.165) is 0 Å². The molecule has 1 aromatic heterocycles. The Hall–Kier alpha value is -1.57. The summed E-state index contributed by atoms with van der Waals surface area (Å²) in [6.45, 7) is 0. The van der Waals surface area contributed by atoms with Crippen LogP contribution in [-0.4, -0.2) is 23.0 Å². The van der Waals surface area contributed by atoms with E-state index in [1.165, 1.54) is 11.3 Å². The average molecular weight is 264 g/mol. The molecule has 1 aromatic rings. The maximum absolute atomic E-state index is 12.1. The number of amides is 1. The molecule has 0 radical (unpaired) electrons. The minimum absolute atomic E-state index is 0.0698. The number of hydrogen-bond acceptors (Lipinski definition) is 4. The van der Waals surface area contributed by atoms with Gasteiger partial charge in [-0.3, -0.25) is 4.79 Å². The number of nitrogens with zero attached hydrogens (tertiary/aromatic N) is 1. The van der Waals surface area contributed by atoms with E-state index in [1.54, 1.807) is 11.4 Å². The first-order valence-corrected chi connectivity index (χ1v) is 5.48. The fraction of sp³-hybridized carbons (Fsp3) is 0.333. The van der Waals surface area contributed by atoms with Crippen LogP contribution in [0.3, 0.4) is 0 Å². The number of nitrogens with one attached hydrogen (secondary N) is 1. The summed E-state index contributed by atoms with van der Waals surface area (Å²) < 4.78 is 36.3. The van der Waals surface area contributed by atoms with Crippen LogP contribution in [0.5, 0.6) is 0 Å². The molecule has 0 saturated heterocycles. The Morgan fingerprint density at radius 2 is 2.29 bits per heavy atom. The summed E-state index contributed by atoms with van der Waals surface area (Å²) in [6, 6.07) is 0.829. The molecule has 1 amide bonds. The number of hydrogen-bond donors (Lipinski definition) is 2. The second kappa shape index (κ2) is 4.02. The second-order valence-corrected chi connectivity index (χ2v) is 4.40. The van der Waals surface area contributed by atoms with Crippen molar-refractivity contribution in [1.29, 1.82) is 0 Å². The molecule has 4 nitrogen and oxygen atoms in total. The van der Waals surface area contributed by atoms with Crippen LogP contribution in [-0.2, 0) is 4.79 Å². The molecule has 92 valence electrons. The van der Waals surface area contributed by atoms with Gasteiger partial charge in [0.05, 0.1) is 16.6 Å².